The van der Waals surface area contributed by atoms with Gasteiger partial charge in [-0.1, -0.05) is 29.8 Å². The van der Waals surface area contributed by atoms with Gasteiger partial charge in [0.25, 0.3) is 5.89 Å². The van der Waals surface area contributed by atoms with Crippen LogP contribution in [0.4, 0.5) is 0 Å². The third kappa shape index (κ3) is 4.33. The fourth-order valence-corrected chi connectivity index (χ4v) is 2.84. The number of benzene rings is 1. The molecule has 3 rings (SSSR count). The molecule has 2 aromatic heterocycles. The van der Waals surface area contributed by atoms with Crippen molar-refractivity contribution in [3.05, 3.63) is 62.9 Å². The van der Waals surface area contributed by atoms with Gasteiger partial charge in [0.05, 0.1) is 30.7 Å². The van der Waals surface area contributed by atoms with Crippen molar-refractivity contribution in [1.82, 2.24) is 9.78 Å². The Hall–Kier alpha value is -1.93. The molecule has 1 unspecified atom stereocenters. The molecular weight excluding hydrogens is 352 g/mol. The van der Waals surface area contributed by atoms with Crippen LogP contribution in [0.3, 0.4) is 0 Å². The molecule has 24 heavy (non-hydrogen) atoms. The summed E-state index contributed by atoms with van der Waals surface area (Å²) in [6, 6.07) is 10.9. The maximum absolute atomic E-state index is 11.8. The molecule has 0 aliphatic carbocycles. The van der Waals surface area contributed by atoms with Crippen LogP contribution in [-0.2, 0) is 17.9 Å². The second-order valence-electron chi connectivity index (χ2n) is 5.13. The van der Waals surface area contributed by atoms with Gasteiger partial charge in [0, 0.05) is 5.02 Å². The Labute approximate surface area is 146 Å². The maximum Gasteiger partial charge on any atom is 0.437 e. The second kappa shape index (κ2) is 7.76. The number of aliphatic hydroxyl groups is 1. The van der Waals surface area contributed by atoms with Crippen LogP contribution in [0.15, 0.2) is 51.0 Å². The van der Waals surface area contributed by atoms with Crippen molar-refractivity contribution in [2.45, 2.75) is 19.3 Å². The van der Waals surface area contributed by atoms with Crippen LogP contribution in [0, 0.1) is 0 Å². The molecule has 1 N–H and O–H groups in total. The van der Waals surface area contributed by atoms with Crippen LogP contribution in [0.2, 0.25) is 5.02 Å². The molecule has 0 saturated heterocycles. The largest absolute Gasteiger partial charge is 0.437 e. The molecule has 6 nitrogen and oxygen atoms in total. The van der Waals surface area contributed by atoms with Gasteiger partial charge in [-0.05, 0) is 29.1 Å². The molecule has 0 spiro atoms. The molecule has 1 aromatic carbocycles. The summed E-state index contributed by atoms with van der Waals surface area (Å²) in [4.78, 5) is 12.5. The Morgan fingerprint density at radius 1 is 1.33 bits per heavy atom. The van der Waals surface area contributed by atoms with E-state index in [4.69, 9.17) is 20.8 Å². The molecule has 0 aliphatic rings. The summed E-state index contributed by atoms with van der Waals surface area (Å²) < 4.78 is 11.6. The quantitative estimate of drug-likeness (QED) is 0.695. The lowest BCUT2D eigenvalue weighted by Gasteiger charge is -2.10. The lowest BCUT2D eigenvalue weighted by atomic mass is 10.2. The second-order valence-corrected chi connectivity index (χ2v) is 6.51. The smallest absolute Gasteiger partial charge is 0.389 e. The lowest BCUT2D eigenvalue weighted by Crippen LogP contribution is -2.28. The Kier molecular flexibility index (Phi) is 5.47. The first-order valence-electron chi connectivity index (χ1n) is 7.24. The molecule has 0 bridgehead atoms. The number of halogens is 1. The van der Waals surface area contributed by atoms with Gasteiger partial charge in [-0.15, -0.1) is 16.4 Å². The van der Waals surface area contributed by atoms with Crippen molar-refractivity contribution >= 4 is 22.9 Å². The van der Waals surface area contributed by atoms with Gasteiger partial charge in [-0.2, -0.15) is 4.68 Å². The summed E-state index contributed by atoms with van der Waals surface area (Å²) in [6.45, 7) is 0.437. The van der Waals surface area contributed by atoms with Crippen molar-refractivity contribution in [2.75, 3.05) is 6.61 Å². The van der Waals surface area contributed by atoms with Crippen molar-refractivity contribution in [2.24, 2.45) is 0 Å². The van der Waals surface area contributed by atoms with Crippen LogP contribution >= 0.6 is 22.9 Å². The third-order valence-corrected chi connectivity index (χ3v) is 4.32. The number of hydrogen-bond donors (Lipinski definition) is 1. The van der Waals surface area contributed by atoms with Crippen molar-refractivity contribution in [1.29, 1.82) is 0 Å². The van der Waals surface area contributed by atoms with E-state index in [1.807, 2.05) is 29.6 Å². The van der Waals surface area contributed by atoms with Crippen molar-refractivity contribution < 1.29 is 14.3 Å². The number of ether oxygens (including phenoxy) is 1. The third-order valence-electron chi connectivity index (χ3n) is 3.21. The summed E-state index contributed by atoms with van der Waals surface area (Å²) >= 11 is 7.24. The zero-order valence-corrected chi connectivity index (χ0v) is 14.2. The minimum absolute atomic E-state index is 0.00826. The van der Waals surface area contributed by atoms with Crippen LogP contribution in [-0.4, -0.2) is 27.6 Å². The first kappa shape index (κ1) is 16.9. The standard InChI is InChI=1S/C16H15ClN2O4S/c17-12-5-3-11(4-6-12)9-22-10-13(20)8-19-16(21)23-15(18-19)14-2-1-7-24-14/h1-7,13,20H,8-10H2. The van der Waals surface area contributed by atoms with Crippen molar-refractivity contribution in [3.8, 4) is 10.8 Å². The highest BCUT2D eigenvalue weighted by atomic mass is 35.5. The van der Waals surface area contributed by atoms with E-state index >= 15 is 0 Å². The summed E-state index contributed by atoms with van der Waals surface area (Å²) in [5.74, 6) is -0.348. The highest BCUT2D eigenvalue weighted by Crippen LogP contribution is 2.21. The fraction of sp³-hybridized carbons (Fsp3) is 0.250. The summed E-state index contributed by atoms with van der Waals surface area (Å²) in [5.41, 5.74) is 0.949. The van der Waals surface area contributed by atoms with E-state index in [9.17, 15) is 9.90 Å². The Morgan fingerprint density at radius 3 is 2.83 bits per heavy atom. The molecule has 0 radical (unpaired) electrons. The van der Waals surface area contributed by atoms with Gasteiger partial charge in [0.2, 0.25) is 0 Å². The number of aliphatic hydroxyl groups excluding tert-OH is 1. The van der Waals surface area contributed by atoms with E-state index in [0.29, 0.717) is 11.6 Å². The number of hydrogen-bond acceptors (Lipinski definition) is 6. The predicted octanol–water partition coefficient (Wildman–Crippen LogP) is 2.80. The van der Waals surface area contributed by atoms with E-state index in [0.717, 1.165) is 15.1 Å². The number of rotatable bonds is 7. The van der Waals surface area contributed by atoms with Gasteiger partial charge in [0.15, 0.2) is 0 Å². The average molecular weight is 367 g/mol. The van der Waals surface area contributed by atoms with E-state index in [-0.39, 0.29) is 19.0 Å². The first-order valence-corrected chi connectivity index (χ1v) is 8.49. The van der Waals surface area contributed by atoms with Crippen LogP contribution in [0.5, 0.6) is 0 Å². The average Bonchev–Trinajstić information content (AvgIpc) is 3.20. The molecule has 0 aliphatic heterocycles. The Bertz CT molecular complexity index is 827. The van der Waals surface area contributed by atoms with E-state index in [1.165, 1.54) is 11.3 Å². The summed E-state index contributed by atoms with van der Waals surface area (Å²) in [6.07, 6.45) is -0.865. The molecule has 0 fully saturated rings. The van der Waals surface area contributed by atoms with Crippen molar-refractivity contribution in [3.63, 3.8) is 0 Å². The fourth-order valence-electron chi connectivity index (χ4n) is 2.07. The van der Waals surface area contributed by atoms with Crippen LogP contribution < -0.4 is 5.76 Å². The SMILES string of the molecule is O=c1oc(-c2cccs2)nn1CC(O)COCc1ccc(Cl)cc1. The lowest BCUT2D eigenvalue weighted by molar-refractivity contribution is 0.0178. The summed E-state index contributed by atoms with van der Waals surface area (Å²) in [7, 11) is 0. The molecule has 8 heteroatoms. The van der Waals surface area contributed by atoms with E-state index < -0.39 is 11.9 Å². The predicted molar refractivity (Wildman–Crippen MR) is 91.2 cm³/mol. The molecule has 3 aromatic rings. The van der Waals surface area contributed by atoms with Gasteiger partial charge in [0.1, 0.15) is 0 Å². The number of nitrogens with zero attached hydrogens (tertiary/aromatic N) is 2. The number of aromatic nitrogens is 2. The van der Waals surface area contributed by atoms with Gasteiger partial charge >= 0.3 is 5.76 Å². The molecule has 126 valence electrons. The van der Waals surface area contributed by atoms with Gasteiger partial charge in [-0.25, -0.2) is 4.79 Å². The highest BCUT2D eigenvalue weighted by Gasteiger charge is 2.14. The zero-order valence-electron chi connectivity index (χ0n) is 12.6. The van der Waals surface area contributed by atoms with Crippen LogP contribution in [0.1, 0.15) is 5.56 Å². The molecule has 2 heterocycles. The molecule has 0 saturated carbocycles. The molecule has 1 atom stereocenters. The normalized spacial score (nSPS) is 12.4. The minimum atomic E-state index is -0.865. The zero-order chi connectivity index (χ0) is 16.9. The minimum Gasteiger partial charge on any atom is -0.389 e. The van der Waals surface area contributed by atoms with E-state index in [2.05, 4.69) is 5.10 Å². The number of thiophene rings is 1. The Balaban J connectivity index is 1.52. The Morgan fingerprint density at radius 2 is 2.12 bits per heavy atom. The topological polar surface area (TPSA) is 77.5 Å². The summed E-state index contributed by atoms with van der Waals surface area (Å²) in [5, 5.41) is 16.6. The maximum atomic E-state index is 11.8. The van der Waals surface area contributed by atoms with Gasteiger partial charge in [-0.3, -0.25) is 0 Å². The monoisotopic (exact) mass is 366 g/mol. The van der Waals surface area contributed by atoms with Crippen LogP contribution in [0.25, 0.3) is 10.8 Å². The highest BCUT2D eigenvalue weighted by molar-refractivity contribution is 7.13. The molecule has 0 amide bonds. The van der Waals surface area contributed by atoms with Gasteiger partial charge < -0.3 is 14.3 Å². The first-order chi connectivity index (χ1) is 11.6. The molecular formula is C16H15ClN2O4S. The van der Waals surface area contributed by atoms with E-state index in [1.54, 1.807) is 12.1 Å².